The summed E-state index contributed by atoms with van der Waals surface area (Å²) in [7, 11) is -3.61. The quantitative estimate of drug-likeness (QED) is 0.755. The number of carbonyl (C=O) groups is 1. The summed E-state index contributed by atoms with van der Waals surface area (Å²) in [6.45, 7) is 6.07. The van der Waals surface area contributed by atoms with Crippen molar-refractivity contribution < 1.29 is 13.2 Å². The van der Waals surface area contributed by atoms with Crippen molar-refractivity contribution in [1.82, 2.24) is 5.32 Å². The van der Waals surface area contributed by atoms with Gasteiger partial charge >= 0.3 is 0 Å². The Morgan fingerprint density at radius 3 is 2.21 bits per heavy atom. The van der Waals surface area contributed by atoms with E-state index in [9.17, 15) is 13.2 Å². The highest BCUT2D eigenvalue weighted by Gasteiger charge is 2.28. The first kappa shape index (κ1) is 21.2. The van der Waals surface area contributed by atoms with E-state index >= 15 is 0 Å². The average molecular weight is 416 g/mol. The van der Waals surface area contributed by atoms with E-state index in [1.165, 1.54) is 18.5 Å². The van der Waals surface area contributed by atoms with Crippen LogP contribution < -0.4 is 14.5 Å². The Labute approximate surface area is 173 Å². The van der Waals surface area contributed by atoms with Gasteiger partial charge in [-0.25, -0.2) is 8.42 Å². The molecule has 6 nitrogen and oxygen atoms in total. The van der Waals surface area contributed by atoms with Crippen molar-refractivity contribution >= 4 is 27.3 Å². The van der Waals surface area contributed by atoms with Crippen LogP contribution in [0.5, 0.6) is 0 Å². The highest BCUT2D eigenvalue weighted by atomic mass is 32.2. The minimum absolute atomic E-state index is 0.334. The number of anilines is 2. The number of hydrogen-bond acceptors (Lipinski definition) is 4. The van der Waals surface area contributed by atoms with Crippen molar-refractivity contribution in [2.24, 2.45) is 0 Å². The topological polar surface area (TPSA) is 69.7 Å². The van der Waals surface area contributed by atoms with Crippen LogP contribution in [0.1, 0.15) is 30.9 Å². The lowest BCUT2D eigenvalue weighted by Gasteiger charge is -2.28. The molecule has 0 aliphatic carbocycles. The number of rotatable bonds is 7. The Morgan fingerprint density at radius 1 is 1.07 bits per heavy atom. The first-order chi connectivity index (χ1) is 13.8. The van der Waals surface area contributed by atoms with Crippen LogP contribution in [-0.4, -0.2) is 39.7 Å². The smallest absolute Gasteiger partial charge is 0.243 e. The van der Waals surface area contributed by atoms with Crippen LogP contribution in [0, 0.1) is 6.92 Å². The monoisotopic (exact) mass is 415 g/mol. The highest BCUT2D eigenvalue weighted by Crippen LogP contribution is 2.22. The summed E-state index contributed by atoms with van der Waals surface area (Å²) in [6, 6.07) is 14.4. The van der Waals surface area contributed by atoms with Crippen molar-refractivity contribution in [2.75, 3.05) is 28.6 Å². The number of hydrogen-bond donors (Lipinski definition) is 1. The van der Waals surface area contributed by atoms with Crippen LogP contribution in [0.15, 0.2) is 48.5 Å². The molecular weight excluding hydrogens is 386 g/mol. The summed E-state index contributed by atoms with van der Waals surface area (Å²) in [5.41, 5.74) is 3.69. The highest BCUT2D eigenvalue weighted by molar-refractivity contribution is 7.92. The molecule has 29 heavy (non-hydrogen) atoms. The largest absolute Gasteiger partial charge is 0.372 e. The Bertz CT molecular complexity index is 934. The molecule has 0 spiro atoms. The molecular formula is C22H29N3O3S. The molecule has 0 bridgehead atoms. The SMILES string of the molecule is Cc1ccc(N([C@@H](C)C(=O)NCc2ccc(N3CCCC3)cc2)S(C)(=O)=O)cc1. The predicted octanol–water partition coefficient (Wildman–Crippen LogP) is 3.07. The van der Waals surface area contributed by atoms with Crippen molar-refractivity contribution in [3.05, 3.63) is 59.7 Å². The van der Waals surface area contributed by atoms with Crippen LogP contribution in [0.4, 0.5) is 11.4 Å². The minimum Gasteiger partial charge on any atom is -0.372 e. The first-order valence-corrected chi connectivity index (χ1v) is 11.8. The van der Waals surface area contributed by atoms with E-state index in [4.69, 9.17) is 0 Å². The maximum atomic E-state index is 12.7. The standard InChI is InChI=1S/C22H29N3O3S/c1-17-6-10-21(11-7-17)25(29(3,27)28)18(2)22(26)23-16-19-8-12-20(13-9-19)24-14-4-5-15-24/h6-13,18H,4-5,14-16H2,1-3H3,(H,23,26)/t18-/m0/s1. The van der Waals surface area contributed by atoms with Crippen molar-refractivity contribution in [3.8, 4) is 0 Å². The van der Waals surface area contributed by atoms with Gasteiger partial charge in [-0.15, -0.1) is 0 Å². The van der Waals surface area contributed by atoms with Gasteiger partial charge < -0.3 is 10.2 Å². The number of amides is 1. The van der Waals surface area contributed by atoms with Crippen molar-refractivity contribution in [2.45, 2.75) is 39.3 Å². The third-order valence-electron chi connectivity index (χ3n) is 5.25. The fraction of sp³-hybridized carbons (Fsp3) is 0.409. The average Bonchev–Trinajstić information content (AvgIpc) is 3.22. The van der Waals surface area contributed by atoms with E-state index in [2.05, 4.69) is 22.3 Å². The van der Waals surface area contributed by atoms with Gasteiger partial charge in [-0.3, -0.25) is 9.10 Å². The molecule has 2 aromatic rings. The molecule has 1 heterocycles. The van der Waals surface area contributed by atoms with Gasteiger partial charge in [0.25, 0.3) is 0 Å². The summed E-state index contributed by atoms with van der Waals surface area (Å²) >= 11 is 0. The van der Waals surface area contributed by atoms with E-state index < -0.39 is 16.1 Å². The predicted molar refractivity (Wildman–Crippen MR) is 118 cm³/mol. The molecule has 1 aliphatic rings. The number of nitrogens with one attached hydrogen (secondary N) is 1. The Hall–Kier alpha value is -2.54. The summed E-state index contributed by atoms with van der Waals surface area (Å²) < 4.78 is 25.8. The summed E-state index contributed by atoms with van der Waals surface area (Å²) in [5.74, 6) is -0.334. The van der Waals surface area contributed by atoms with Gasteiger partial charge in [0.15, 0.2) is 0 Å². The lowest BCUT2D eigenvalue weighted by Crippen LogP contribution is -2.47. The zero-order valence-corrected chi connectivity index (χ0v) is 18.1. The first-order valence-electron chi connectivity index (χ1n) is 9.93. The number of nitrogens with zero attached hydrogens (tertiary/aromatic N) is 2. The van der Waals surface area contributed by atoms with Crippen LogP contribution in [0.3, 0.4) is 0 Å². The van der Waals surface area contributed by atoms with E-state index in [-0.39, 0.29) is 5.91 Å². The second-order valence-corrected chi connectivity index (χ2v) is 9.51. The number of carbonyl (C=O) groups excluding carboxylic acids is 1. The normalized spacial score (nSPS) is 15.2. The van der Waals surface area contributed by atoms with Gasteiger partial charge in [0, 0.05) is 25.3 Å². The van der Waals surface area contributed by atoms with Gasteiger partial charge in [0.1, 0.15) is 6.04 Å². The summed E-state index contributed by atoms with van der Waals surface area (Å²) in [6.07, 6.45) is 3.58. The van der Waals surface area contributed by atoms with E-state index in [1.54, 1.807) is 19.1 Å². The fourth-order valence-electron chi connectivity index (χ4n) is 3.64. The van der Waals surface area contributed by atoms with Crippen molar-refractivity contribution in [1.29, 1.82) is 0 Å². The summed E-state index contributed by atoms with van der Waals surface area (Å²) in [5, 5.41) is 2.86. The molecule has 0 saturated carbocycles. The zero-order chi connectivity index (χ0) is 21.0. The van der Waals surface area contributed by atoms with Crippen LogP contribution >= 0.6 is 0 Å². The molecule has 3 rings (SSSR count). The van der Waals surface area contributed by atoms with Crippen LogP contribution in [0.2, 0.25) is 0 Å². The van der Waals surface area contributed by atoms with E-state index in [1.807, 2.05) is 31.2 Å². The molecule has 1 N–H and O–H groups in total. The van der Waals surface area contributed by atoms with Crippen molar-refractivity contribution in [3.63, 3.8) is 0 Å². The molecule has 1 saturated heterocycles. The third-order valence-corrected chi connectivity index (χ3v) is 6.49. The minimum atomic E-state index is -3.61. The van der Waals surface area contributed by atoms with Gasteiger partial charge in [-0.05, 0) is 56.5 Å². The maximum Gasteiger partial charge on any atom is 0.243 e. The van der Waals surface area contributed by atoms with E-state index in [0.717, 1.165) is 34.8 Å². The van der Waals surface area contributed by atoms with E-state index in [0.29, 0.717) is 12.2 Å². The molecule has 0 unspecified atom stereocenters. The summed E-state index contributed by atoms with van der Waals surface area (Å²) in [4.78, 5) is 15.1. The maximum absolute atomic E-state index is 12.7. The molecule has 156 valence electrons. The molecule has 1 amide bonds. The zero-order valence-electron chi connectivity index (χ0n) is 17.3. The molecule has 2 aromatic carbocycles. The lowest BCUT2D eigenvalue weighted by atomic mass is 10.2. The Morgan fingerprint density at radius 2 is 1.66 bits per heavy atom. The molecule has 1 aliphatic heterocycles. The molecule has 0 aromatic heterocycles. The second-order valence-electron chi connectivity index (χ2n) is 7.65. The van der Waals surface area contributed by atoms with Crippen LogP contribution in [0.25, 0.3) is 0 Å². The Balaban J connectivity index is 1.65. The molecule has 0 radical (unpaired) electrons. The number of sulfonamides is 1. The molecule has 1 fully saturated rings. The Kier molecular flexibility index (Phi) is 6.47. The molecule has 1 atom stereocenters. The second kappa shape index (κ2) is 8.86. The number of benzene rings is 2. The van der Waals surface area contributed by atoms with Crippen LogP contribution in [-0.2, 0) is 21.4 Å². The van der Waals surface area contributed by atoms with Gasteiger partial charge in [-0.2, -0.15) is 0 Å². The lowest BCUT2D eigenvalue weighted by molar-refractivity contribution is -0.122. The fourth-order valence-corrected chi connectivity index (χ4v) is 4.81. The number of aryl methyl sites for hydroxylation is 1. The van der Waals surface area contributed by atoms with Gasteiger partial charge in [0.2, 0.25) is 15.9 Å². The van der Waals surface area contributed by atoms with Gasteiger partial charge in [-0.1, -0.05) is 29.8 Å². The van der Waals surface area contributed by atoms with Gasteiger partial charge in [0.05, 0.1) is 11.9 Å². The molecule has 7 heteroatoms. The third kappa shape index (κ3) is 5.29.